The van der Waals surface area contributed by atoms with Crippen molar-refractivity contribution in [3.05, 3.63) is 34.9 Å². The van der Waals surface area contributed by atoms with Gasteiger partial charge in [-0.25, -0.2) is 4.79 Å². The largest absolute Gasteiger partial charge is 0.481 e. The molecule has 0 saturated heterocycles. The molecule has 0 aromatic heterocycles. The highest BCUT2D eigenvalue weighted by molar-refractivity contribution is 6.30. The number of carbonyl (C=O) groups is 4. The molecule has 0 aliphatic heterocycles. The fraction of sp³-hybridized carbons (Fsp3) is 0.450. The summed E-state index contributed by atoms with van der Waals surface area (Å²) in [5.41, 5.74) is 16.9. The maximum absolute atomic E-state index is 12.8. The van der Waals surface area contributed by atoms with E-state index >= 15 is 0 Å². The Morgan fingerprint density at radius 3 is 2.12 bits per heavy atom. The molecule has 0 bridgehead atoms. The van der Waals surface area contributed by atoms with Gasteiger partial charge in [-0.3, -0.25) is 19.4 Å². The van der Waals surface area contributed by atoms with E-state index in [0.29, 0.717) is 17.0 Å². The lowest BCUT2D eigenvalue weighted by Crippen LogP contribution is -2.54. The van der Waals surface area contributed by atoms with Gasteiger partial charge in [-0.2, -0.15) is 0 Å². The number of rotatable bonds is 14. The highest BCUT2D eigenvalue weighted by Gasteiger charge is 2.28. The molecule has 0 fully saturated rings. The van der Waals surface area contributed by atoms with E-state index in [-0.39, 0.29) is 38.2 Å². The third kappa shape index (κ3) is 11.2. The smallest absolute Gasteiger partial charge is 0.326 e. The quantitative estimate of drug-likeness (QED) is 0.0992. The van der Waals surface area contributed by atoms with E-state index in [4.69, 9.17) is 33.9 Å². The van der Waals surface area contributed by atoms with Crippen molar-refractivity contribution >= 4 is 41.3 Å². The number of benzene rings is 1. The van der Waals surface area contributed by atoms with Crippen LogP contribution in [-0.4, -0.2) is 64.6 Å². The Kier molecular flexibility index (Phi) is 11.7. The van der Waals surface area contributed by atoms with Crippen LogP contribution >= 0.6 is 11.6 Å². The number of halogens is 1. The van der Waals surface area contributed by atoms with E-state index in [9.17, 15) is 24.3 Å². The summed E-state index contributed by atoms with van der Waals surface area (Å²) in [6.07, 6.45) is -0.0657. The molecule has 33 heavy (non-hydrogen) atoms. The third-order valence-corrected chi connectivity index (χ3v) is 4.80. The molecule has 0 unspecified atom stereocenters. The van der Waals surface area contributed by atoms with Crippen LogP contribution in [0.1, 0.15) is 31.2 Å². The number of carboxylic acids is 2. The van der Waals surface area contributed by atoms with E-state index in [1.807, 2.05) is 0 Å². The van der Waals surface area contributed by atoms with Crippen molar-refractivity contribution in [2.24, 2.45) is 22.2 Å². The summed E-state index contributed by atoms with van der Waals surface area (Å²) in [6.45, 7) is 0.181. The molecule has 0 spiro atoms. The lowest BCUT2D eigenvalue weighted by atomic mass is 10.0. The average Bonchev–Trinajstić information content (AvgIpc) is 2.74. The van der Waals surface area contributed by atoms with E-state index in [1.54, 1.807) is 24.3 Å². The van der Waals surface area contributed by atoms with Crippen molar-refractivity contribution in [1.82, 2.24) is 10.6 Å². The van der Waals surface area contributed by atoms with Gasteiger partial charge in [0, 0.05) is 24.4 Å². The summed E-state index contributed by atoms with van der Waals surface area (Å²) < 4.78 is 0. The van der Waals surface area contributed by atoms with Crippen LogP contribution in [-0.2, 0) is 25.6 Å². The minimum absolute atomic E-state index is 0.00889. The van der Waals surface area contributed by atoms with Gasteiger partial charge in [0.25, 0.3) is 0 Å². The van der Waals surface area contributed by atoms with Gasteiger partial charge in [0.05, 0.1) is 6.04 Å². The van der Waals surface area contributed by atoms with Crippen molar-refractivity contribution in [2.45, 2.75) is 50.2 Å². The molecule has 1 aromatic carbocycles. The molecule has 1 rings (SSSR count). The van der Waals surface area contributed by atoms with E-state index in [1.165, 1.54) is 0 Å². The first-order valence-electron chi connectivity index (χ1n) is 10.1. The van der Waals surface area contributed by atoms with Crippen molar-refractivity contribution in [1.29, 1.82) is 0 Å². The lowest BCUT2D eigenvalue weighted by Gasteiger charge is -2.23. The van der Waals surface area contributed by atoms with Gasteiger partial charge >= 0.3 is 11.9 Å². The molecule has 0 aliphatic carbocycles. The van der Waals surface area contributed by atoms with Crippen molar-refractivity contribution in [2.75, 3.05) is 6.54 Å². The van der Waals surface area contributed by atoms with Gasteiger partial charge in [0.15, 0.2) is 5.96 Å². The summed E-state index contributed by atoms with van der Waals surface area (Å²) >= 11 is 5.84. The predicted octanol–water partition coefficient (Wildman–Crippen LogP) is -0.818. The molecule has 0 radical (unpaired) electrons. The number of nitrogens with two attached hydrogens (primary N) is 3. The van der Waals surface area contributed by atoms with Gasteiger partial charge in [0.1, 0.15) is 12.1 Å². The number of carboxylic acid groups (broad SMARTS) is 2. The second-order valence-electron chi connectivity index (χ2n) is 7.28. The second kappa shape index (κ2) is 13.9. The van der Waals surface area contributed by atoms with Gasteiger partial charge in [-0.05, 0) is 37.0 Å². The van der Waals surface area contributed by atoms with Gasteiger partial charge in [-0.15, -0.1) is 0 Å². The van der Waals surface area contributed by atoms with Crippen LogP contribution < -0.4 is 27.8 Å². The monoisotopic (exact) mass is 484 g/mol. The molecule has 1 aromatic rings. The van der Waals surface area contributed by atoms with E-state index in [0.717, 1.165) is 0 Å². The summed E-state index contributed by atoms with van der Waals surface area (Å²) in [7, 11) is 0. The van der Waals surface area contributed by atoms with Crippen LogP contribution in [0.2, 0.25) is 5.02 Å². The van der Waals surface area contributed by atoms with Gasteiger partial charge in [-0.1, -0.05) is 23.7 Å². The van der Waals surface area contributed by atoms with Crippen LogP contribution in [0.4, 0.5) is 0 Å². The summed E-state index contributed by atoms with van der Waals surface area (Å²) in [4.78, 5) is 51.4. The number of aliphatic carboxylic acids is 2. The van der Waals surface area contributed by atoms with Crippen LogP contribution in [0.5, 0.6) is 0 Å². The molecule has 3 atom stereocenters. The molecule has 10 N–H and O–H groups in total. The number of hydrogen-bond donors (Lipinski definition) is 7. The molecular weight excluding hydrogens is 456 g/mol. The molecule has 182 valence electrons. The number of nitrogens with zero attached hydrogens (tertiary/aromatic N) is 1. The first-order chi connectivity index (χ1) is 15.5. The number of nitrogens with one attached hydrogen (secondary N) is 2. The Balaban J connectivity index is 2.88. The Morgan fingerprint density at radius 2 is 1.58 bits per heavy atom. The molecule has 12 nitrogen and oxygen atoms in total. The topological polar surface area (TPSA) is 223 Å². The number of amides is 2. The Labute approximate surface area is 195 Å². The third-order valence-electron chi connectivity index (χ3n) is 4.55. The Bertz CT molecular complexity index is 859. The highest BCUT2D eigenvalue weighted by atomic mass is 35.5. The average molecular weight is 485 g/mol. The number of guanidine groups is 1. The van der Waals surface area contributed by atoms with Crippen molar-refractivity contribution in [3.63, 3.8) is 0 Å². The first kappa shape index (κ1) is 27.7. The number of carbonyl (C=O) groups excluding carboxylic acids is 2. The van der Waals surface area contributed by atoms with Crippen LogP contribution in [0.15, 0.2) is 29.3 Å². The molecule has 0 heterocycles. The maximum atomic E-state index is 12.8. The SMILES string of the molecule is NC(N)=NCCC[C@H](NC(=O)[C@@H](N)CCC(=O)O)C(=O)N[C@@H](Cc1ccc(Cl)cc1)C(=O)O. The summed E-state index contributed by atoms with van der Waals surface area (Å²) in [5.74, 6) is -3.98. The molecule has 13 heteroatoms. The number of hydrogen-bond acceptors (Lipinski definition) is 6. The number of aliphatic imine (C=N–C) groups is 1. The molecule has 0 saturated carbocycles. The van der Waals surface area contributed by atoms with Gasteiger partial charge in [0.2, 0.25) is 11.8 Å². The standard InChI is InChI=1S/C20H29ClN6O6/c21-12-5-3-11(4-6-12)10-15(19(32)33)27-18(31)14(2-1-9-25-20(23)24)26-17(30)13(22)7-8-16(28)29/h3-6,13-15H,1-2,7-10,22H2,(H,26,30)(H,27,31)(H,28,29)(H,32,33)(H4,23,24,25)/t13-,14-,15-/m0/s1. The van der Waals surface area contributed by atoms with Crippen molar-refractivity contribution < 1.29 is 29.4 Å². The van der Waals surface area contributed by atoms with Crippen LogP contribution in [0.3, 0.4) is 0 Å². The second-order valence-corrected chi connectivity index (χ2v) is 7.72. The van der Waals surface area contributed by atoms with Gasteiger partial charge < -0.3 is 38.0 Å². The minimum Gasteiger partial charge on any atom is -0.481 e. The fourth-order valence-electron chi connectivity index (χ4n) is 2.79. The van der Waals surface area contributed by atoms with Crippen molar-refractivity contribution in [3.8, 4) is 0 Å². The zero-order valence-electron chi connectivity index (χ0n) is 17.9. The van der Waals surface area contributed by atoms with Crippen LogP contribution in [0.25, 0.3) is 0 Å². The summed E-state index contributed by atoms with van der Waals surface area (Å²) in [5, 5.41) is 23.6. The van der Waals surface area contributed by atoms with E-state index < -0.39 is 41.9 Å². The summed E-state index contributed by atoms with van der Waals surface area (Å²) in [6, 6.07) is 2.93. The fourth-order valence-corrected chi connectivity index (χ4v) is 2.92. The molecule has 2 amide bonds. The zero-order chi connectivity index (χ0) is 25.0. The minimum atomic E-state index is -1.27. The maximum Gasteiger partial charge on any atom is 0.326 e. The normalized spacial score (nSPS) is 13.3. The zero-order valence-corrected chi connectivity index (χ0v) is 18.6. The Morgan fingerprint density at radius 1 is 0.970 bits per heavy atom. The lowest BCUT2D eigenvalue weighted by molar-refractivity contribution is -0.142. The Hall–Kier alpha value is -3.38. The molecule has 0 aliphatic rings. The van der Waals surface area contributed by atoms with E-state index in [2.05, 4.69) is 15.6 Å². The highest BCUT2D eigenvalue weighted by Crippen LogP contribution is 2.12. The first-order valence-corrected chi connectivity index (χ1v) is 10.5. The predicted molar refractivity (Wildman–Crippen MR) is 121 cm³/mol. The molecular formula is C20H29ClN6O6. The van der Waals surface area contributed by atoms with Crippen LogP contribution in [0, 0.1) is 0 Å².